The molecule has 1 aliphatic heterocycles. The normalized spacial score (nSPS) is 17.7. The van der Waals surface area contributed by atoms with Crippen molar-refractivity contribution in [1.82, 2.24) is 5.32 Å². The average molecular weight is 284 g/mol. The summed E-state index contributed by atoms with van der Waals surface area (Å²) >= 11 is 5.81. The standard InChI is InChI=1S/C13H14ClNO4/c14-10-3-1-2-9(8-10)11(16)15-13(12(17)18)4-6-19-7-5-13/h1-3,8H,4-7H2,(H,15,16)(H,17,18). The summed E-state index contributed by atoms with van der Waals surface area (Å²) in [5.41, 5.74) is -0.905. The molecule has 1 aliphatic rings. The fourth-order valence-electron chi connectivity index (χ4n) is 2.03. The number of carbonyl (C=O) groups is 2. The Kier molecular flexibility index (Phi) is 4.07. The Morgan fingerprint density at radius 1 is 1.32 bits per heavy atom. The maximum Gasteiger partial charge on any atom is 0.329 e. The molecule has 0 spiro atoms. The van der Waals surface area contributed by atoms with Crippen LogP contribution in [0.2, 0.25) is 5.02 Å². The van der Waals surface area contributed by atoms with Crippen molar-refractivity contribution >= 4 is 23.5 Å². The molecule has 0 saturated carbocycles. The molecule has 1 amide bonds. The number of aliphatic carboxylic acids is 1. The lowest BCUT2D eigenvalue weighted by Gasteiger charge is -2.33. The Morgan fingerprint density at radius 2 is 2.00 bits per heavy atom. The predicted octanol–water partition coefficient (Wildman–Crippen LogP) is 1.70. The zero-order chi connectivity index (χ0) is 13.9. The number of amides is 1. The summed E-state index contributed by atoms with van der Waals surface area (Å²) in [5.74, 6) is -1.47. The van der Waals surface area contributed by atoms with Gasteiger partial charge in [-0.3, -0.25) is 4.79 Å². The second kappa shape index (κ2) is 5.59. The van der Waals surface area contributed by atoms with Gasteiger partial charge in [-0.1, -0.05) is 17.7 Å². The van der Waals surface area contributed by atoms with Gasteiger partial charge in [0, 0.05) is 36.6 Å². The monoisotopic (exact) mass is 283 g/mol. The number of ether oxygens (including phenoxy) is 1. The van der Waals surface area contributed by atoms with E-state index in [1.54, 1.807) is 18.2 Å². The van der Waals surface area contributed by atoms with E-state index in [1.807, 2.05) is 0 Å². The Hall–Kier alpha value is -1.59. The van der Waals surface area contributed by atoms with E-state index in [0.717, 1.165) is 0 Å². The van der Waals surface area contributed by atoms with Crippen molar-refractivity contribution in [2.45, 2.75) is 18.4 Å². The summed E-state index contributed by atoms with van der Waals surface area (Å²) < 4.78 is 5.15. The highest BCUT2D eigenvalue weighted by molar-refractivity contribution is 6.31. The molecular weight excluding hydrogens is 270 g/mol. The van der Waals surface area contributed by atoms with Crippen LogP contribution >= 0.6 is 11.6 Å². The summed E-state index contributed by atoms with van der Waals surface area (Å²) in [7, 11) is 0. The maximum absolute atomic E-state index is 12.1. The average Bonchev–Trinajstić information content (AvgIpc) is 2.39. The highest BCUT2D eigenvalue weighted by Gasteiger charge is 2.41. The van der Waals surface area contributed by atoms with Crippen molar-refractivity contribution in [2.75, 3.05) is 13.2 Å². The molecule has 0 atom stereocenters. The van der Waals surface area contributed by atoms with E-state index in [9.17, 15) is 14.7 Å². The Balaban J connectivity index is 2.18. The molecule has 2 N–H and O–H groups in total. The fourth-order valence-corrected chi connectivity index (χ4v) is 2.22. The van der Waals surface area contributed by atoms with Crippen LogP contribution in [-0.4, -0.2) is 35.7 Å². The van der Waals surface area contributed by atoms with Gasteiger partial charge in [-0.25, -0.2) is 4.79 Å². The van der Waals surface area contributed by atoms with Crippen molar-refractivity contribution in [3.05, 3.63) is 34.9 Å². The van der Waals surface area contributed by atoms with Gasteiger partial charge in [0.05, 0.1) is 0 Å². The quantitative estimate of drug-likeness (QED) is 0.885. The third-order valence-corrected chi connectivity index (χ3v) is 3.43. The number of carboxylic acid groups (broad SMARTS) is 1. The Bertz CT molecular complexity index is 497. The summed E-state index contributed by atoms with van der Waals surface area (Å²) in [4.78, 5) is 23.5. The molecule has 1 aromatic rings. The molecule has 1 saturated heterocycles. The van der Waals surface area contributed by atoms with E-state index in [4.69, 9.17) is 16.3 Å². The number of rotatable bonds is 3. The molecule has 1 aromatic carbocycles. The predicted molar refractivity (Wildman–Crippen MR) is 69.3 cm³/mol. The molecule has 1 heterocycles. The van der Waals surface area contributed by atoms with Crippen molar-refractivity contribution in [3.63, 3.8) is 0 Å². The van der Waals surface area contributed by atoms with E-state index in [1.165, 1.54) is 6.07 Å². The SMILES string of the molecule is O=C(NC1(C(=O)O)CCOCC1)c1cccc(Cl)c1. The second-order valence-corrected chi connectivity index (χ2v) is 4.90. The smallest absolute Gasteiger partial charge is 0.329 e. The lowest BCUT2D eigenvalue weighted by atomic mass is 9.89. The molecule has 0 radical (unpaired) electrons. The van der Waals surface area contributed by atoms with Crippen LogP contribution in [0.25, 0.3) is 0 Å². The van der Waals surface area contributed by atoms with Crippen LogP contribution in [0.15, 0.2) is 24.3 Å². The van der Waals surface area contributed by atoms with E-state index < -0.39 is 17.4 Å². The summed E-state index contributed by atoms with van der Waals surface area (Å²) in [5, 5.41) is 12.4. The molecule has 2 rings (SSSR count). The van der Waals surface area contributed by atoms with Crippen molar-refractivity contribution in [2.24, 2.45) is 0 Å². The molecule has 102 valence electrons. The van der Waals surface area contributed by atoms with Gasteiger partial charge in [-0.15, -0.1) is 0 Å². The van der Waals surface area contributed by atoms with Crippen LogP contribution in [0.5, 0.6) is 0 Å². The molecular formula is C13H14ClNO4. The molecule has 1 fully saturated rings. The minimum absolute atomic E-state index is 0.259. The molecule has 0 aromatic heterocycles. The molecule has 6 heteroatoms. The highest BCUT2D eigenvalue weighted by Crippen LogP contribution is 2.22. The Morgan fingerprint density at radius 3 is 2.58 bits per heavy atom. The first-order valence-corrected chi connectivity index (χ1v) is 6.30. The van der Waals surface area contributed by atoms with Crippen molar-refractivity contribution < 1.29 is 19.4 Å². The number of hydrogen-bond donors (Lipinski definition) is 2. The lowest BCUT2D eigenvalue weighted by molar-refractivity contribution is -0.148. The van der Waals surface area contributed by atoms with Crippen LogP contribution in [0.1, 0.15) is 23.2 Å². The van der Waals surface area contributed by atoms with Gasteiger partial charge < -0.3 is 15.2 Å². The number of carboxylic acids is 1. The van der Waals surface area contributed by atoms with E-state index in [-0.39, 0.29) is 12.8 Å². The fraction of sp³-hybridized carbons (Fsp3) is 0.385. The van der Waals surface area contributed by atoms with Crippen LogP contribution in [-0.2, 0) is 9.53 Å². The second-order valence-electron chi connectivity index (χ2n) is 4.46. The zero-order valence-electron chi connectivity index (χ0n) is 10.2. The highest BCUT2D eigenvalue weighted by atomic mass is 35.5. The summed E-state index contributed by atoms with van der Waals surface area (Å²) in [6.07, 6.45) is 0.517. The molecule has 0 aliphatic carbocycles. The third-order valence-electron chi connectivity index (χ3n) is 3.20. The number of nitrogens with one attached hydrogen (secondary N) is 1. The number of hydrogen-bond acceptors (Lipinski definition) is 3. The van der Waals surface area contributed by atoms with E-state index >= 15 is 0 Å². The minimum atomic E-state index is -1.25. The van der Waals surface area contributed by atoms with Crippen molar-refractivity contribution in [1.29, 1.82) is 0 Å². The first-order valence-electron chi connectivity index (χ1n) is 5.93. The van der Waals surface area contributed by atoms with E-state index in [0.29, 0.717) is 23.8 Å². The van der Waals surface area contributed by atoms with Crippen molar-refractivity contribution in [3.8, 4) is 0 Å². The van der Waals surface area contributed by atoms with Crippen LogP contribution < -0.4 is 5.32 Å². The zero-order valence-corrected chi connectivity index (χ0v) is 10.9. The first-order chi connectivity index (χ1) is 9.03. The largest absolute Gasteiger partial charge is 0.480 e. The number of benzene rings is 1. The van der Waals surface area contributed by atoms with Gasteiger partial charge in [0.1, 0.15) is 5.54 Å². The maximum atomic E-state index is 12.1. The van der Waals surface area contributed by atoms with Gasteiger partial charge in [-0.2, -0.15) is 0 Å². The summed E-state index contributed by atoms with van der Waals surface area (Å²) in [6, 6.07) is 6.40. The lowest BCUT2D eigenvalue weighted by Crippen LogP contribution is -2.57. The van der Waals surface area contributed by atoms with Crippen LogP contribution in [0.4, 0.5) is 0 Å². The van der Waals surface area contributed by atoms with Crippen LogP contribution in [0.3, 0.4) is 0 Å². The van der Waals surface area contributed by atoms with Gasteiger partial charge in [-0.05, 0) is 18.2 Å². The first kappa shape index (κ1) is 13.8. The van der Waals surface area contributed by atoms with Gasteiger partial charge in [0.2, 0.25) is 0 Å². The van der Waals surface area contributed by atoms with Gasteiger partial charge >= 0.3 is 5.97 Å². The number of carbonyl (C=O) groups excluding carboxylic acids is 1. The topological polar surface area (TPSA) is 75.6 Å². The van der Waals surface area contributed by atoms with Crippen LogP contribution in [0, 0.1) is 0 Å². The molecule has 0 unspecified atom stereocenters. The molecule has 5 nitrogen and oxygen atoms in total. The molecule has 19 heavy (non-hydrogen) atoms. The molecule has 0 bridgehead atoms. The Labute approximate surface area is 115 Å². The van der Waals surface area contributed by atoms with Gasteiger partial charge in [0.25, 0.3) is 5.91 Å². The van der Waals surface area contributed by atoms with E-state index in [2.05, 4.69) is 5.32 Å². The van der Waals surface area contributed by atoms with Gasteiger partial charge in [0.15, 0.2) is 0 Å². The third kappa shape index (κ3) is 3.05. The number of halogens is 1. The summed E-state index contributed by atoms with van der Waals surface area (Å²) in [6.45, 7) is 0.643. The minimum Gasteiger partial charge on any atom is -0.480 e.